The lowest BCUT2D eigenvalue weighted by Gasteiger charge is -2.27. The van der Waals surface area contributed by atoms with Gasteiger partial charge >= 0.3 is 12.3 Å². The molecule has 180 valence electrons. The van der Waals surface area contributed by atoms with Crippen LogP contribution in [0.15, 0.2) is 0 Å². The zero-order valence-electron chi connectivity index (χ0n) is 18.8. The molecular formula is C24H36O8. The lowest BCUT2D eigenvalue weighted by molar-refractivity contribution is 0.0142. The van der Waals surface area contributed by atoms with Crippen LogP contribution in [0.4, 0.5) is 9.59 Å². The quantitative estimate of drug-likeness (QED) is 0.399. The van der Waals surface area contributed by atoms with E-state index in [1.54, 1.807) is 0 Å². The minimum Gasteiger partial charge on any atom is -0.434 e. The molecule has 0 spiro atoms. The first-order valence-electron chi connectivity index (χ1n) is 12.5. The fourth-order valence-corrected chi connectivity index (χ4v) is 5.67. The summed E-state index contributed by atoms with van der Waals surface area (Å²) in [5.74, 6) is 1.49. The van der Waals surface area contributed by atoms with Gasteiger partial charge in [0.15, 0.2) is 0 Å². The summed E-state index contributed by atoms with van der Waals surface area (Å²) >= 11 is 0. The first-order valence-corrected chi connectivity index (χ1v) is 12.5. The van der Waals surface area contributed by atoms with Gasteiger partial charge in [0.2, 0.25) is 0 Å². The van der Waals surface area contributed by atoms with E-state index < -0.39 is 12.3 Å². The fraction of sp³-hybridized carbons (Fsp3) is 0.917. The zero-order chi connectivity index (χ0) is 21.9. The topological polar surface area (TPSA) is 96.1 Å². The molecule has 5 rings (SSSR count). The number of hydrogen-bond acceptors (Lipinski definition) is 8. The van der Waals surface area contributed by atoms with Gasteiger partial charge in [0, 0.05) is 0 Å². The Kier molecular flexibility index (Phi) is 7.07. The van der Waals surface area contributed by atoms with Crippen molar-refractivity contribution in [2.24, 2.45) is 23.7 Å². The van der Waals surface area contributed by atoms with Gasteiger partial charge in [-0.1, -0.05) is 0 Å². The fourth-order valence-electron chi connectivity index (χ4n) is 5.67. The summed E-state index contributed by atoms with van der Waals surface area (Å²) < 4.78 is 32.3. The molecule has 0 N–H and O–H groups in total. The van der Waals surface area contributed by atoms with E-state index >= 15 is 0 Å². The Morgan fingerprint density at radius 1 is 0.500 bits per heavy atom. The second kappa shape index (κ2) is 10.2. The van der Waals surface area contributed by atoms with E-state index in [0.29, 0.717) is 74.5 Å². The van der Waals surface area contributed by atoms with Gasteiger partial charge in [-0.25, -0.2) is 9.59 Å². The molecule has 6 atom stereocenters. The minimum atomic E-state index is -0.557. The van der Waals surface area contributed by atoms with Gasteiger partial charge in [0.1, 0.15) is 0 Å². The SMILES string of the molecule is O=C(OCC1CCC(COC(=O)OCC2CC[C@@H]3OC3C2)CC1)OCC1CCC2OC2C1. The average Bonchev–Trinajstić information content (AvgIpc) is 3.73. The van der Waals surface area contributed by atoms with E-state index in [9.17, 15) is 9.59 Å². The Bertz CT molecular complexity index is 604. The molecule has 32 heavy (non-hydrogen) atoms. The average molecular weight is 453 g/mol. The molecule has 2 saturated heterocycles. The smallest absolute Gasteiger partial charge is 0.434 e. The Morgan fingerprint density at radius 3 is 1.22 bits per heavy atom. The van der Waals surface area contributed by atoms with Crippen molar-refractivity contribution in [3.8, 4) is 0 Å². The summed E-state index contributed by atoms with van der Waals surface area (Å²) in [5.41, 5.74) is 0. The predicted octanol–water partition coefficient (Wildman–Crippen LogP) is 4.23. The number of fused-ring (bicyclic) bond motifs is 2. The standard InChI is InChI=1S/C24H36O8/c25-23(29-13-17-5-7-19-21(9-17)31-19)27-11-15-1-2-16(4-3-15)12-28-24(26)30-14-18-6-8-20-22(10-18)32-20/h15-22H,1-14H2/t15?,16?,17?,18?,19-,20?,21?,22?/m0/s1. The van der Waals surface area contributed by atoms with Crippen LogP contribution < -0.4 is 0 Å². The molecule has 5 fully saturated rings. The van der Waals surface area contributed by atoms with Crippen molar-refractivity contribution in [2.45, 2.75) is 88.6 Å². The van der Waals surface area contributed by atoms with Crippen LogP contribution in [0.2, 0.25) is 0 Å². The normalized spacial score (nSPS) is 39.8. The first kappa shape index (κ1) is 22.3. The third kappa shape index (κ3) is 6.28. The molecule has 0 aromatic heterocycles. The molecule has 0 aromatic rings. The highest BCUT2D eigenvalue weighted by molar-refractivity contribution is 5.60. The molecule has 0 amide bonds. The maximum atomic E-state index is 11.9. The molecule has 8 nitrogen and oxygen atoms in total. The highest BCUT2D eigenvalue weighted by atomic mass is 16.7. The van der Waals surface area contributed by atoms with Crippen LogP contribution in [0.3, 0.4) is 0 Å². The summed E-state index contributed by atoms with van der Waals surface area (Å²) in [7, 11) is 0. The van der Waals surface area contributed by atoms with E-state index in [4.69, 9.17) is 28.4 Å². The molecule has 2 heterocycles. The van der Waals surface area contributed by atoms with Crippen molar-refractivity contribution >= 4 is 12.3 Å². The molecule has 0 radical (unpaired) electrons. The zero-order valence-corrected chi connectivity index (χ0v) is 18.8. The number of ether oxygens (including phenoxy) is 6. The molecule has 3 aliphatic carbocycles. The summed E-state index contributed by atoms with van der Waals surface area (Å²) in [6, 6.07) is 0. The van der Waals surface area contributed by atoms with Gasteiger partial charge in [-0.05, 0) is 87.9 Å². The van der Waals surface area contributed by atoms with Crippen LogP contribution in [0.25, 0.3) is 0 Å². The largest absolute Gasteiger partial charge is 0.508 e. The van der Waals surface area contributed by atoms with Crippen LogP contribution in [-0.2, 0) is 28.4 Å². The van der Waals surface area contributed by atoms with Crippen molar-refractivity contribution in [3.63, 3.8) is 0 Å². The van der Waals surface area contributed by atoms with Crippen LogP contribution in [0.1, 0.15) is 64.2 Å². The monoisotopic (exact) mass is 452 g/mol. The molecule has 0 aromatic carbocycles. The van der Waals surface area contributed by atoms with E-state index in [0.717, 1.165) is 64.2 Å². The molecule has 5 aliphatic rings. The van der Waals surface area contributed by atoms with Gasteiger partial charge in [-0.15, -0.1) is 0 Å². The van der Waals surface area contributed by atoms with Crippen molar-refractivity contribution < 1.29 is 38.0 Å². The number of carbonyl (C=O) groups excluding carboxylic acids is 2. The third-order valence-corrected chi connectivity index (χ3v) is 7.94. The van der Waals surface area contributed by atoms with Crippen LogP contribution in [0.5, 0.6) is 0 Å². The van der Waals surface area contributed by atoms with E-state index in [1.165, 1.54) is 0 Å². The van der Waals surface area contributed by atoms with Gasteiger partial charge in [-0.3, -0.25) is 0 Å². The predicted molar refractivity (Wildman–Crippen MR) is 112 cm³/mol. The number of hydrogen-bond donors (Lipinski definition) is 0. The van der Waals surface area contributed by atoms with E-state index in [-0.39, 0.29) is 0 Å². The summed E-state index contributed by atoms with van der Waals surface area (Å²) in [5, 5.41) is 0. The Labute approximate surface area is 189 Å². The lowest BCUT2D eigenvalue weighted by Crippen LogP contribution is -2.26. The minimum absolute atomic E-state index is 0.348. The molecule has 0 bridgehead atoms. The van der Waals surface area contributed by atoms with Crippen LogP contribution in [0, 0.1) is 23.7 Å². The molecule has 5 unspecified atom stereocenters. The van der Waals surface area contributed by atoms with Crippen molar-refractivity contribution in [1.29, 1.82) is 0 Å². The summed E-state index contributed by atoms with van der Waals surface area (Å²) in [4.78, 5) is 23.8. The number of rotatable bonds is 8. The summed E-state index contributed by atoms with van der Waals surface area (Å²) in [6.07, 6.45) is 10.7. The maximum absolute atomic E-state index is 11.9. The third-order valence-electron chi connectivity index (χ3n) is 7.94. The van der Waals surface area contributed by atoms with Crippen LogP contribution in [-0.4, -0.2) is 63.2 Å². The lowest BCUT2D eigenvalue weighted by atomic mass is 9.83. The van der Waals surface area contributed by atoms with Gasteiger partial charge in [-0.2, -0.15) is 0 Å². The van der Waals surface area contributed by atoms with Crippen LogP contribution >= 0.6 is 0 Å². The van der Waals surface area contributed by atoms with E-state index in [2.05, 4.69) is 0 Å². The van der Waals surface area contributed by atoms with E-state index in [1.807, 2.05) is 0 Å². The van der Waals surface area contributed by atoms with Crippen molar-refractivity contribution in [2.75, 3.05) is 26.4 Å². The van der Waals surface area contributed by atoms with Gasteiger partial charge < -0.3 is 28.4 Å². The summed E-state index contributed by atoms with van der Waals surface area (Å²) in [6.45, 7) is 1.67. The Morgan fingerprint density at radius 2 is 0.844 bits per heavy atom. The van der Waals surface area contributed by atoms with Gasteiger partial charge in [0.05, 0.1) is 50.8 Å². The van der Waals surface area contributed by atoms with Crippen molar-refractivity contribution in [1.82, 2.24) is 0 Å². The second-order valence-electron chi connectivity index (χ2n) is 10.4. The second-order valence-corrected chi connectivity index (χ2v) is 10.4. The maximum Gasteiger partial charge on any atom is 0.508 e. The molecule has 3 saturated carbocycles. The number of carbonyl (C=O) groups is 2. The Hall–Kier alpha value is -1.54. The van der Waals surface area contributed by atoms with Gasteiger partial charge in [0.25, 0.3) is 0 Å². The molecule has 8 heteroatoms. The molecule has 2 aliphatic heterocycles. The highest BCUT2D eigenvalue weighted by Gasteiger charge is 2.44. The first-order chi connectivity index (χ1) is 15.6. The molecular weight excluding hydrogens is 416 g/mol. The highest BCUT2D eigenvalue weighted by Crippen LogP contribution is 2.40. The number of epoxide rings is 2. The Balaban J connectivity index is 0.880. The van der Waals surface area contributed by atoms with Crippen molar-refractivity contribution in [3.05, 3.63) is 0 Å².